The Morgan fingerprint density at radius 3 is 0.919 bits per heavy atom. The fourth-order valence-corrected chi connectivity index (χ4v) is 7.23. The van der Waals surface area contributed by atoms with Crippen LogP contribution in [0.3, 0.4) is 0 Å². The number of aliphatic hydroxyl groups is 16. The van der Waals surface area contributed by atoms with E-state index < -0.39 is 161 Å². The standard InChI is InChI=1S/C42H76O32/c1-20(14-65-21(16-59-2-6-63-39-35(55)31(51)27(47)23(10-43)69-39)18-61-4-8-67-73-41-37(57)33(53)29(49)25(12-45)71-41)15-66-22(17-60-3-7-64-40-36(56)32(52)28(48)24(11-44)70-40)19-62-5-9-68-74-42-38(58)34(54)30(50)26(13-46)72-42/h21-58H,1-19H2/t21?,22?,23-,24-,25-,26-,27-,28-,29-,30-,31+,32+,33+,34+,35+,36+,37+,38+,39+,40+,41-,42-/m1/s1. The summed E-state index contributed by atoms with van der Waals surface area (Å²) in [5.41, 5.74) is 0.393. The van der Waals surface area contributed by atoms with E-state index in [1.165, 1.54) is 0 Å². The van der Waals surface area contributed by atoms with Gasteiger partial charge in [0.25, 0.3) is 0 Å². The van der Waals surface area contributed by atoms with Crippen LogP contribution in [0.2, 0.25) is 0 Å². The zero-order valence-electron chi connectivity index (χ0n) is 40.3. The first-order chi connectivity index (χ1) is 35.5. The molecular weight excluding hydrogens is 1020 g/mol. The van der Waals surface area contributed by atoms with Crippen LogP contribution in [0.15, 0.2) is 12.2 Å². The number of hydrogen-bond donors (Lipinski definition) is 16. The van der Waals surface area contributed by atoms with E-state index in [1.807, 2.05) is 0 Å². The predicted molar refractivity (Wildman–Crippen MR) is 233 cm³/mol. The van der Waals surface area contributed by atoms with Gasteiger partial charge in [-0.15, -0.1) is 0 Å². The zero-order valence-corrected chi connectivity index (χ0v) is 40.3. The average molecular weight is 1090 g/mol. The van der Waals surface area contributed by atoms with Crippen molar-refractivity contribution >= 4 is 0 Å². The molecule has 0 radical (unpaired) electrons. The van der Waals surface area contributed by atoms with Crippen LogP contribution in [0, 0.1) is 0 Å². The minimum absolute atomic E-state index is 0.102. The number of ether oxygens (including phenoxy) is 12. The second kappa shape index (κ2) is 34.5. The van der Waals surface area contributed by atoms with Crippen molar-refractivity contribution < 1.29 is 158 Å². The van der Waals surface area contributed by atoms with Gasteiger partial charge in [-0.1, -0.05) is 6.58 Å². The van der Waals surface area contributed by atoms with Crippen LogP contribution >= 0.6 is 0 Å². The molecule has 4 fully saturated rings. The fourth-order valence-electron chi connectivity index (χ4n) is 7.23. The molecule has 32 nitrogen and oxygen atoms in total. The molecule has 0 amide bonds. The summed E-state index contributed by atoms with van der Waals surface area (Å²) in [5.74, 6) is 0. The maximum absolute atomic E-state index is 10.3. The van der Waals surface area contributed by atoms with Gasteiger partial charge in [-0.25, -0.2) is 19.6 Å². The topological polar surface area (TPSA) is 471 Å². The highest BCUT2D eigenvalue weighted by molar-refractivity contribution is 4.95. The normalized spacial score (nSPS) is 37.7. The van der Waals surface area contributed by atoms with Crippen LogP contribution in [-0.4, -0.2) is 336 Å². The lowest BCUT2D eigenvalue weighted by atomic mass is 9.99. The van der Waals surface area contributed by atoms with E-state index in [0.29, 0.717) is 5.57 Å². The van der Waals surface area contributed by atoms with Crippen molar-refractivity contribution in [2.45, 2.75) is 135 Å². The Hall–Kier alpha value is -1.54. The van der Waals surface area contributed by atoms with E-state index >= 15 is 0 Å². The highest BCUT2D eigenvalue weighted by atomic mass is 17.2. The van der Waals surface area contributed by atoms with Gasteiger partial charge >= 0.3 is 0 Å². The van der Waals surface area contributed by atoms with Gasteiger partial charge in [0, 0.05) is 0 Å². The van der Waals surface area contributed by atoms with Gasteiger partial charge in [0.15, 0.2) is 12.6 Å². The van der Waals surface area contributed by atoms with Crippen LogP contribution < -0.4 is 0 Å². The molecule has 4 aliphatic heterocycles. The molecule has 0 aliphatic carbocycles. The lowest BCUT2D eigenvalue weighted by molar-refractivity contribution is -0.427. The molecule has 0 saturated carbocycles. The molecule has 436 valence electrons. The summed E-state index contributed by atoms with van der Waals surface area (Å²) in [5, 5.41) is 158. The van der Waals surface area contributed by atoms with Gasteiger partial charge in [0.1, 0.15) is 123 Å². The molecule has 4 aliphatic rings. The van der Waals surface area contributed by atoms with Crippen LogP contribution in [0.1, 0.15) is 0 Å². The molecule has 4 heterocycles. The SMILES string of the molecule is C=C(COC(COCCOO[C@H]1O[C@H](CO)[C@@H](O)[C@H](O)[C@@H]1O)COCCO[C@H]1O[C@H](CO)[C@@H](O)[C@H](O)[C@@H]1O)COC(COCCOO[C@H]1O[C@H](CO)[C@@H](O)[C@H](O)[C@@H]1O)COCCO[C@H]1O[C@H](CO)[C@@H](O)[C@H](O)[C@@H]1O. The first-order valence-electron chi connectivity index (χ1n) is 23.7. The van der Waals surface area contributed by atoms with Crippen LogP contribution in [-0.2, 0) is 76.4 Å². The Kier molecular flexibility index (Phi) is 30.3. The lowest BCUT2D eigenvalue weighted by Crippen LogP contribution is -2.59. The lowest BCUT2D eigenvalue weighted by Gasteiger charge is -2.39. The zero-order chi connectivity index (χ0) is 54.3. The second-order valence-corrected chi connectivity index (χ2v) is 17.3. The van der Waals surface area contributed by atoms with Crippen LogP contribution in [0.5, 0.6) is 0 Å². The molecule has 4 rings (SSSR count). The molecule has 32 heteroatoms. The minimum atomic E-state index is -1.70. The van der Waals surface area contributed by atoms with Crippen molar-refractivity contribution in [3.05, 3.63) is 12.2 Å². The summed E-state index contributed by atoms with van der Waals surface area (Å²) in [6.07, 6.45) is -32.0. The highest BCUT2D eigenvalue weighted by Gasteiger charge is 2.47. The van der Waals surface area contributed by atoms with E-state index in [-0.39, 0.29) is 92.5 Å². The van der Waals surface area contributed by atoms with Crippen molar-refractivity contribution in [2.24, 2.45) is 0 Å². The van der Waals surface area contributed by atoms with Gasteiger partial charge in [-0.05, 0) is 5.57 Å². The molecular formula is C42H76O32. The summed E-state index contributed by atoms with van der Waals surface area (Å²) in [7, 11) is 0. The Morgan fingerprint density at radius 2 is 0.622 bits per heavy atom. The van der Waals surface area contributed by atoms with Crippen molar-refractivity contribution in [1.82, 2.24) is 0 Å². The second-order valence-electron chi connectivity index (χ2n) is 17.3. The quantitative estimate of drug-likeness (QED) is 0.0120. The van der Waals surface area contributed by atoms with Gasteiger partial charge in [-0.3, -0.25) is 0 Å². The van der Waals surface area contributed by atoms with Crippen molar-refractivity contribution in [2.75, 3.05) is 119 Å². The van der Waals surface area contributed by atoms with E-state index in [2.05, 4.69) is 6.58 Å². The Bertz CT molecular complexity index is 1380. The van der Waals surface area contributed by atoms with E-state index in [9.17, 15) is 81.7 Å². The summed E-state index contributed by atoms with van der Waals surface area (Å²) >= 11 is 0. The Balaban J connectivity index is 1.26. The largest absolute Gasteiger partial charge is 0.394 e. The maximum atomic E-state index is 10.3. The molecule has 0 spiro atoms. The third-order valence-electron chi connectivity index (χ3n) is 11.6. The number of aliphatic hydroxyl groups excluding tert-OH is 16. The molecule has 74 heavy (non-hydrogen) atoms. The first kappa shape index (κ1) is 65.0. The molecule has 16 N–H and O–H groups in total. The molecule has 0 bridgehead atoms. The highest BCUT2D eigenvalue weighted by Crippen LogP contribution is 2.25. The van der Waals surface area contributed by atoms with E-state index in [1.54, 1.807) is 0 Å². The summed E-state index contributed by atoms with van der Waals surface area (Å²) in [6.45, 7) is -0.680. The maximum Gasteiger partial charge on any atom is 0.220 e. The predicted octanol–water partition coefficient (Wildman–Crippen LogP) is -10.5. The molecule has 0 aromatic rings. The molecule has 22 atom stereocenters. The van der Waals surface area contributed by atoms with E-state index in [0.717, 1.165) is 0 Å². The third-order valence-corrected chi connectivity index (χ3v) is 11.6. The monoisotopic (exact) mass is 1090 g/mol. The van der Waals surface area contributed by atoms with Gasteiger partial charge < -0.3 is 139 Å². The first-order valence-corrected chi connectivity index (χ1v) is 23.7. The third kappa shape index (κ3) is 20.0. The van der Waals surface area contributed by atoms with Crippen molar-refractivity contribution in [3.8, 4) is 0 Å². The van der Waals surface area contributed by atoms with Gasteiger partial charge in [0.05, 0.1) is 106 Å². The van der Waals surface area contributed by atoms with Crippen LogP contribution in [0.25, 0.3) is 0 Å². The molecule has 4 saturated heterocycles. The fraction of sp³-hybridized carbons (Fsp3) is 0.952. The van der Waals surface area contributed by atoms with Crippen LogP contribution in [0.4, 0.5) is 0 Å². The molecule has 2 unspecified atom stereocenters. The summed E-state index contributed by atoms with van der Waals surface area (Å²) < 4.78 is 66.7. The molecule has 0 aromatic carbocycles. The summed E-state index contributed by atoms with van der Waals surface area (Å²) in [6, 6.07) is 0. The number of hydrogen-bond acceptors (Lipinski definition) is 32. The Labute approximate surface area is 423 Å². The van der Waals surface area contributed by atoms with Crippen molar-refractivity contribution in [3.63, 3.8) is 0 Å². The van der Waals surface area contributed by atoms with Gasteiger partial charge in [-0.2, -0.15) is 0 Å². The summed E-state index contributed by atoms with van der Waals surface area (Å²) in [4.78, 5) is 20.1. The van der Waals surface area contributed by atoms with E-state index in [4.69, 9.17) is 76.4 Å². The molecule has 0 aromatic heterocycles. The van der Waals surface area contributed by atoms with Gasteiger partial charge in [0.2, 0.25) is 12.6 Å². The minimum Gasteiger partial charge on any atom is -0.394 e. The smallest absolute Gasteiger partial charge is 0.220 e. The number of rotatable bonds is 36. The average Bonchev–Trinajstić information content (AvgIpc) is 3.40. The van der Waals surface area contributed by atoms with Crippen molar-refractivity contribution in [1.29, 1.82) is 0 Å². The Morgan fingerprint density at radius 1 is 0.351 bits per heavy atom.